The number of hydrogen-bond donors (Lipinski definition) is 1. The molecular formula is C26H31ClN2O4. The number of benzene rings is 2. The van der Waals surface area contributed by atoms with Gasteiger partial charge in [0.15, 0.2) is 0 Å². The van der Waals surface area contributed by atoms with Gasteiger partial charge in [0, 0.05) is 31.7 Å². The summed E-state index contributed by atoms with van der Waals surface area (Å²) in [5.41, 5.74) is 1.04. The molecule has 4 rings (SSSR count). The van der Waals surface area contributed by atoms with Gasteiger partial charge in [0.2, 0.25) is 0 Å². The van der Waals surface area contributed by atoms with Crippen LogP contribution in [0.3, 0.4) is 0 Å². The van der Waals surface area contributed by atoms with E-state index in [2.05, 4.69) is 5.32 Å². The van der Waals surface area contributed by atoms with E-state index in [9.17, 15) is 9.59 Å². The Kier molecular flexibility index (Phi) is 7.89. The molecule has 0 atom stereocenters. The lowest BCUT2D eigenvalue weighted by molar-refractivity contribution is 0.0341. The number of rotatable bonds is 1. The molecule has 0 unspecified atom stereocenters. The van der Waals surface area contributed by atoms with Crippen LogP contribution in [0.4, 0.5) is 0 Å². The minimum Gasteiger partial charge on any atom is -0.492 e. The molecule has 1 fully saturated rings. The number of nitrogens with one attached hydrogen (secondary N) is 1. The van der Waals surface area contributed by atoms with Crippen LogP contribution in [-0.2, 0) is 4.74 Å². The molecule has 2 aliphatic heterocycles. The maximum absolute atomic E-state index is 13.0. The molecular weight excluding hydrogens is 440 g/mol. The molecule has 0 saturated carbocycles. The minimum absolute atomic E-state index is 0.0207. The number of likely N-dealkylation sites (tertiary alicyclic amines) is 1. The summed E-state index contributed by atoms with van der Waals surface area (Å²) < 4.78 is 12.0. The molecule has 0 aromatic heterocycles. The zero-order chi connectivity index (χ0) is 23.1. The summed E-state index contributed by atoms with van der Waals surface area (Å²) in [5, 5.41) is 3.39. The van der Waals surface area contributed by atoms with Gasteiger partial charge >= 0.3 is 0 Å². The molecule has 0 aliphatic carbocycles. The van der Waals surface area contributed by atoms with E-state index in [1.807, 2.05) is 35.2 Å². The van der Waals surface area contributed by atoms with Gasteiger partial charge in [0.25, 0.3) is 11.8 Å². The average molecular weight is 471 g/mol. The van der Waals surface area contributed by atoms with Crippen LogP contribution in [0.2, 0.25) is 5.02 Å². The Labute approximate surface area is 200 Å². The fourth-order valence-electron chi connectivity index (χ4n) is 4.60. The van der Waals surface area contributed by atoms with E-state index in [0.29, 0.717) is 61.4 Å². The second kappa shape index (κ2) is 11.0. The van der Waals surface area contributed by atoms with Crippen LogP contribution in [-0.4, -0.2) is 56.2 Å². The summed E-state index contributed by atoms with van der Waals surface area (Å²) in [6.07, 6.45) is 4.69. The maximum atomic E-state index is 13.0. The lowest BCUT2D eigenvalue weighted by Gasteiger charge is -2.42. The largest absolute Gasteiger partial charge is 0.492 e. The first-order chi connectivity index (χ1) is 16.1. The van der Waals surface area contributed by atoms with Crippen LogP contribution in [0.5, 0.6) is 5.75 Å². The van der Waals surface area contributed by atoms with E-state index in [4.69, 9.17) is 21.1 Å². The van der Waals surface area contributed by atoms with Gasteiger partial charge in [-0.1, -0.05) is 42.3 Å². The van der Waals surface area contributed by atoms with Crippen molar-refractivity contribution in [1.82, 2.24) is 10.2 Å². The van der Waals surface area contributed by atoms with Crippen molar-refractivity contribution in [2.45, 2.75) is 32.1 Å². The smallest absolute Gasteiger partial charge is 0.255 e. The summed E-state index contributed by atoms with van der Waals surface area (Å²) in [5.74, 6) is 0.426. The predicted octanol–water partition coefficient (Wildman–Crippen LogP) is 4.57. The molecule has 2 aromatic carbocycles. The maximum Gasteiger partial charge on any atom is 0.255 e. The van der Waals surface area contributed by atoms with E-state index in [-0.39, 0.29) is 17.2 Å². The average Bonchev–Trinajstić information content (AvgIpc) is 2.84. The molecule has 6 nitrogen and oxygen atoms in total. The molecule has 1 spiro atoms. The molecule has 0 bridgehead atoms. The number of amides is 2. The predicted molar refractivity (Wildman–Crippen MR) is 128 cm³/mol. The number of carbonyl (C=O) groups is 2. The molecule has 2 aliphatic rings. The Bertz CT molecular complexity index is 972. The summed E-state index contributed by atoms with van der Waals surface area (Å²) >= 11 is 6.26. The highest BCUT2D eigenvalue weighted by Gasteiger charge is 2.37. The number of para-hydroxylation sites is 1. The summed E-state index contributed by atoms with van der Waals surface area (Å²) in [7, 11) is 0. The molecule has 0 radical (unpaired) electrons. The molecule has 33 heavy (non-hydrogen) atoms. The van der Waals surface area contributed by atoms with Crippen LogP contribution in [0.15, 0.2) is 48.5 Å². The van der Waals surface area contributed by atoms with Gasteiger partial charge in [0.1, 0.15) is 5.75 Å². The molecule has 7 heteroatoms. The highest BCUT2D eigenvalue weighted by Crippen LogP contribution is 2.38. The van der Waals surface area contributed by atoms with Crippen molar-refractivity contribution in [2.75, 3.05) is 39.5 Å². The van der Waals surface area contributed by atoms with Crippen molar-refractivity contribution < 1.29 is 19.1 Å². The second-order valence-corrected chi connectivity index (χ2v) is 9.29. The Morgan fingerprint density at radius 3 is 2.55 bits per heavy atom. The fourth-order valence-corrected chi connectivity index (χ4v) is 4.82. The number of fused-ring (bicyclic) bond motifs is 1. The van der Waals surface area contributed by atoms with Crippen molar-refractivity contribution >= 4 is 23.4 Å². The highest BCUT2D eigenvalue weighted by atomic mass is 35.5. The monoisotopic (exact) mass is 470 g/mol. The Morgan fingerprint density at radius 2 is 1.73 bits per heavy atom. The first kappa shape index (κ1) is 23.6. The van der Waals surface area contributed by atoms with Crippen LogP contribution in [0.25, 0.3) is 0 Å². The lowest BCUT2D eigenvalue weighted by atomic mass is 9.75. The zero-order valence-corrected chi connectivity index (χ0v) is 19.6. The van der Waals surface area contributed by atoms with Gasteiger partial charge in [0.05, 0.1) is 29.4 Å². The molecule has 2 heterocycles. The molecule has 1 saturated heterocycles. The van der Waals surface area contributed by atoms with Gasteiger partial charge in [-0.3, -0.25) is 9.59 Å². The third-order valence-electron chi connectivity index (χ3n) is 6.66. The van der Waals surface area contributed by atoms with E-state index in [1.165, 1.54) is 0 Å². The van der Waals surface area contributed by atoms with Crippen molar-refractivity contribution in [1.29, 1.82) is 0 Å². The van der Waals surface area contributed by atoms with E-state index in [0.717, 1.165) is 32.1 Å². The Hall–Kier alpha value is -2.57. The van der Waals surface area contributed by atoms with Gasteiger partial charge in [-0.15, -0.1) is 0 Å². The van der Waals surface area contributed by atoms with Crippen molar-refractivity contribution in [3.05, 3.63) is 64.7 Å². The third-order valence-corrected chi connectivity index (χ3v) is 6.99. The van der Waals surface area contributed by atoms with Crippen LogP contribution >= 0.6 is 11.6 Å². The second-order valence-electron chi connectivity index (χ2n) is 8.88. The zero-order valence-electron chi connectivity index (χ0n) is 18.9. The Balaban J connectivity index is 1.48. The number of piperidine rings is 1. The Morgan fingerprint density at radius 1 is 0.970 bits per heavy atom. The number of nitrogens with zero attached hydrogens (tertiary/aromatic N) is 1. The van der Waals surface area contributed by atoms with Gasteiger partial charge in [-0.05, 0) is 49.9 Å². The van der Waals surface area contributed by atoms with Crippen molar-refractivity contribution in [3.8, 4) is 5.75 Å². The topological polar surface area (TPSA) is 67.9 Å². The van der Waals surface area contributed by atoms with Crippen molar-refractivity contribution in [3.63, 3.8) is 0 Å². The van der Waals surface area contributed by atoms with Crippen LogP contribution in [0, 0.1) is 5.41 Å². The molecule has 2 aromatic rings. The molecule has 1 N–H and O–H groups in total. The summed E-state index contributed by atoms with van der Waals surface area (Å²) in [6, 6.07) is 14.6. The highest BCUT2D eigenvalue weighted by molar-refractivity contribution is 6.33. The minimum atomic E-state index is -0.152. The normalized spacial score (nSPS) is 19.7. The third kappa shape index (κ3) is 5.87. The van der Waals surface area contributed by atoms with Gasteiger partial charge in [-0.2, -0.15) is 0 Å². The summed E-state index contributed by atoms with van der Waals surface area (Å²) in [4.78, 5) is 27.5. The lowest BCUT2D eigenvalue weighted by Crippen LogP contribution is -2.45. The first-order valence-corrected chi connectivity index (χ1v) is 12.1. The van der Waals surface area contributed by atoms with Crippen molar-refractivity contribution in [2.24, 2.45) is 5.41 Å². The quantitative estimate of drug-likeness (QED) is 0.662. The van der Waals surface area contributed by atoms with E-state index < -0.39 is 0 Å². The SMILES string of the molecule is O=C1NCCOCCCCC2(CCN(C(=O)c3ccccc3Cl)CC2)COc2ccccc21. The summed E-state index contributed by atoms with van der Waals surface area (Å²) in [6.45, 7) is 3.50. The van der Waals surface area contributed by atoms with Gasteiger partial charge in [-0.25, -0.2) is 0 Å². The molecule has 2 amide bonds. The number of hydrogen-bond acceptors (Lipinski definition) is 4. The number of halogens is 1. The number of carbonyl (C=O) groups excluding carboxylic acids is 2. The first-order valence-electron chi connectivity index (χ1n) is 11.7. The number of ether oxygens (including phenoxy) is 2. The fraction of sp³-hybridized carbons (Fsp3) is 0.462. The van der Waals surface area contributed by atoms with E-state index in [1.54, 1.807) is 18.2 Å². The standard InChI is InChI=1S/C26H31ClN2O4/c27-22-9-3-1-7-20(22)25(31)29-15-12-26(13-16-29)11-5-6-17-32-18-14-28-24(30)21-8-2-4-10-23(21)33-19-26/h1-4,7-10H,5-6,11-19H2,(H,28,30). The molecule has 176 valence electrons. The van der Waals surface area contributed by atoms with Gasteiger partial charge < -0.3 is 19.7 Å². The van der Waals surface area contributed by atoms with Crippen LogP contribution in [0.1, 0.15) is 52.8 Å². The van der Waals surface area contributed by atoms with Crippen LogP contribution < -0.4 is 10.1 Å². The van der Waals surface area contributed by atoms with E-state index >= 15 is 0 Å².